The van der Waals surface area contributed by atoms with Gasteiger partial charge >= 0.3 is 5.97 Å². The number of hydrogen-bond acceptors (Lipinski definition) is 16. The number of amides is 3. The van der Waals surface area contributed by atoms with Crippen molar-refractivity contribution >= 4 is 53.0 Å². The number of thioether (sulfide) groups is 1. The van der Waals surface area contributed by atoms with Crippen molar-refractivity contribution < 1.29 is 61.8 Å². The van der Waals surface area contributed by atoms with E-state index >= 15 is 0 Å². The second-order valence-electron chi connectivity index (χ2n) is 18.7. The van der Waals surface area contributed by atoms with Gasteiger partial charge in [0.05, 0.1) is 121 Å². The highest BCUT2D eigenvalue weighted by Gasteiger charge is 2.37. The van der Waals surface area contributed by atoms with Gasteiger partial charge in [0.25, 0.3) is 11.8 Å². The molecule has 0 aromatic heterocycles. The maximum Gasteiger partial charge on any atom is 0.307 e. The predicted octanol–water partition coefficient (Wildman–Crippen LogP) is 7.04. The molecule has 1 unspecified atom stereocenters. The molecule has 0 bridgehead atoms. The maximum absolute atomic E-state index is 13.8. The summed E-state index contributed by atoms with van der Waals surface area (Å²) in [5.74, 6) is 1.40. The molecule has 400 valence electrons. The van der Waals surface area contributed by atoms with Crippen molar-refractivity contribution in [2.45, 2.75) is 77.0 Å². The molecule has 0 spiro atoms. The second-order valence-corrected chi connectivity index (χ2v) is 20.3. The van der Waals surface area contributed by atoms with Crippen LogP contribution in [0.15, 0.2) is 70.8 Å². The number of aliphatic imine (C=N–C) groups is 1. The molecule has 4 aliphatic rings. The lowest BCUT2D eigenvalue weighted by Gasteiger charge is -2.26. The van der Waals surface area contributed by atoms with Gasteiger partial charge in [0.2, 0.25) is 5.91 Å². The molecule has 4 heterocycles. The van der Waals surface area contributed by atoms with E-state index in [0.717, 1.165) is 29.5 Å². The molecule has 3 amide bonds. The molecule has 18 nitrogen and oxygen atoms in total. The average Bonchev–Trinajstić information content (AvgIpc) is 3.98. The van der Waals surface area contributed by atoms with Gasteiger partial charge in [0, 0.05) is 49.3 Å². The van der Waals surface area contributed by atoms with Crippen molar-refractivity contribution in [3.8, 4) is 23.0 Å². The molecule has 4 aliphatic heterocycles. The molecule has 2 fully saturated rings. The Hall–Kier alpha value is -6.12. The third-order valence-electron chi connectivity index (χ3n) is 13.3. The first kappa shape index (κ1) is 55.6. The molecule has 19 heteroatoms. The SMILES string of the molecule is C/C=C1\CC2CNc3cc(OCc4cc(COc5cc6c(cc5OC)C(=O)N5C/C(=C/C)C[C@H]5C=N6)cc(C(C)(C)SCC(=O)NCCOCCOCCOCCOCCC(=O)OC)c4)c(OC)cc3C(=O)N2C1. The number of anilines is 1. The number of hydrogen-bond donors (Lipinski definition) is 2. The number of carbonyl (C=O) groups is 4. The number of nitrogens with one attached hydrogen (secondary N) is 2. The smallest absolute Gasteiger partial charge is 0.307 e. The second kappa shape index (κ2) is 26.9. The number of allylic oxidation sites excluding steroid dienone is 2. The average molecular weight is 1040 g/mol. The van der Waals surface area contributed by atoms with E-state index in [4.69, 9.17) is 42.9 Å². The lowest BCUT2D eigenvalue weighted by Crippen LogP contribution is -2.36. The van der Waals surface area contributed by atoms with Crippen molar-refractivity contribution in [2.24, 2.45) is 4.99 Å². The fourth-order valence-electron chi connectivity index (χ4n) is 9.02. The van der Waals surface area contributed by atoms with Crippen LogP contribution in [0.4, 0.5) is 11.4 Å². The summed E-state index contributed by atoms with van der Waals surface area (Å²) >= 11 is 1.50. The summed E-state index contributed by atoms with van der Waals surface area (Å²) in [5.41, 5.74) is 7.28. The number of ether oxygens (including phenoxy) is 9. The number of benzene rings is 3. The number of nitrogens with zero attached hydrogens (tertiary/aromatic N) is 3. The molecular formula is C55H71N5O13S. The van der Waals surface area contributed by atoms with Crippen LogP contribution < -0.4 is 29.6 Å². The molecule has 2 N–H and O–H groups in total. The number of methoxy groups -OCH3 is 3. The van der Waals surface area contributed by atoms with Crippen LogP contribution in [-0.4, -0.2) is 158 Å². The normalized spacial score (nSPS) is 18.0. The highest BCUT2D eigenvalue weighted by atomic mass is 32.2. The van der Waals surface area contributed by atoms with Gasteiger partial charge in [-0.1, -0.05) is 35.4 Å². The van der Waals surface area contributed by atoms with Crippen molar-refractivity contribution in [1.82, 2.24) is 15.1 Å². The lowest BCUT2D eigenvalue weighted by atomic mass is 9.97. The number of rotatable bonds is 27. The quantitative estimate of drug-likeness (QED) is 0.0448. The van der Waals surface area contributed by atoms with E-state index in [1.807, 2.05) is 42.0 Å². The fourth-order valence-corrected chi connectivity index (χ4v) is 9.90. The van der Waals surface area contributed by atoms with E-state index in [-0.39, 0.29) is 67.8 Å². The van der Waals surface area contributed by atoms with E-state index in [1.54, 1.807) is 32.4 Å². The number of esters is 1. The van der Waals surface area contributed by atoms with E-state index in [2.05, 4.69) is 53.5 Å². The van der Waals surface area contributed by atoms with E-state index in [1.165, 1.54) is 30.0 Å². The van der Waals surface area contributed by atoms with Crippen LogP contribution in [0.1, 0.15) is 84.4 Å². The van der Waals surface area contributed by atoms with Gasteiger partial charge in [0.15, 0.2) is 23.0 Å². The van der Waals surface area contributed by atoms with Gasteiger partial charge in [-0.2, -0.15) is 0 Å². The minimum atomic E-state index is -0.541. The van der Waals surface area contributed by atoms with Crippen LogP contribution in [0.5, 0.6) is 23.0 Å². The van der Waals surface area contributed by atoms with Crippen LogP contribution in [0.3, 0.4) is 0 Å². The predicted molar refractivity (Wildman–Crippen MR) is 283 cm³/mol. The van der Waals surface area contributed by atoms with Gasteiger partial charge in [-0.15, -0.1) is 11.8 Å². The van der Waals surface area contributed by atoms with Crippen molar-refractivity contribution in [2.75, 3.05) is 111 Å². The first-order valence-electron chi connectivity index (χ1n) is 25.1. The van der Waals surface area contributed by atoms with Crippen molar-refractivity contribution in [3.63, 3.8) is 0 Å². The number of fused-ring (bicyclic) bond motifs is 4. The molecule has 7 rings (SSSR count). The van der Waals surface area contributed by atoms with Gasteiger partial charge in [-0.25, -0.2) is 0 Å². The van der Waals surface area contributed by atoms with Crippen LogP contribution in [0.2, 0.25) is 0 Å². The molecule has 3 aromatic rings. The molecular weight excluding hydrogens is 971 g/mol. The van der Waals surface area contributed by atoms with Crippen LogP contribution in [0.25, 0.3) is 0 Å². The Labute approximate surface area is 438 Å². The van der Waals surface area contributed by atoms with Crippen molar-refractivity contribution in [3.05, 3.63) is 93.6 Å². The lowest BCUT2D eigenvalue weighted by molar-refractivity contribution is -0.142. The van der Waals surface area contributed by atoms with Gasteiger partial charge in [-0.3, -0.25) is 24.2 Å². The minimum absolute atomic E-state index is 0.0430. The summed E-state index contributed by atoms with van der Waals surface area (Å²) < 4.78 is 50.7. The Morgan fingerprint density at radius 2 is 1.31 bits per heavy atom. The summed E-state index contributed by atoms with van der Waals surface area (Å²) in [7, 11) is 4.46. The van der Waals surface area contributed by atoms with Gasteiger partial charge < -0.3 is 63.1 Å². The topological polar surface area (TPSA) is 194 Å². The third kappa shape index (κ3) is 14.6. The molecule has 2 atom stereocenters. The summed E-state index contributed by atoms with van der Waals surface area (Å²) in [4.78, 5) is 60.3. The Morgan fingerprint density at radius 3 is 1.95 bits per heavy atom. The highest BCUT2D eigenvalue weighted by Crippen LogP contribution is 2.42. The van der Waals surface area contributed by atoms with Crippen molar-refractivity contribution in [1.29, 1.82) is 0 Å². The molecule has 0 aliphatic carbocycles. The zero-order valence-corrected chi connectivity index (χ0v) is 44.5. The highest BCUT2D eigenvalue weighted by molar-refractivity contribution is 8.00. The Kier molecular flexibility index (Phi) is 20.2. The van der Waals surface area contributed by atoms with Gasteiger partial charge in [-0.05, 0) is 75.4 Å². The fraction of sp³-hybridized carbons (Fsp3) is 0.509. The van der Waals surface area contributed by atoms with Crippen LogP contribution in [-0.2, 0) is 51.2 Å². The molecule has 74 heavy (non-hydrogen) atoms. The van der Waals surface area contributed by atoms with E-state index < -0.39 is 4.75 Å². The largest absolute Gasteiger partial charge is 0.493 e. The zero-order valence-electron chi connectivity index (χ0n) is 43.7. The Balaban J connectivity index is 0.979. The Morgan fingerprint density at radius 1 is 0.730 bits per heavy atom. The minimum Gasteiger partial charge on any atom is -0.493 e. The summed E-state index contributed by atoms with van der Waals surface area (Å²) in [6.07, 6.45) is 7.79. The Bertz CT molecular complexity index is 2570. The number of carbonyl (C=O) groups excluding carboxylic acids is 4. The molecule has 2 saturated heterocycles. The molecule has 0 radical (unpaired) electrons. The molecule has 3 aromatic carbocycles. The summed E-state index contributed by atoms with van der Waals surface area (Å²) in [6.45, 7) is 13.6. The summed E-state index contributed by atoms with van der Waals surface area (Å²) in [5, 5.41) is 6.45. The third-order valence-corrected chi connectivity index (χ3v) is 14.7. The van der Waals surface area contributed by atoms with Gasteiger partial charge in [0.1, 0.15) is 13.2 Å². The van der Waals surface area contributed by atoms with E-state index in [9.17, 15) is 19.2 Å². The van der Waals surface area contributed by atoms with E-state index in [0.29, 0.717) is 118 Å². The monoisotopic (exact) mass is 1040 g/mol. The van der Waals surface area contributed by atoms with Crippen LogP contribution >= 0.6 is 11.8 Å². The van der Waals surface area contributed by atoms with Crippen LogP contribution in [0, 0.1) is 0 Å². The zero-order chi connectivity index (χ0) is 52.6. The first-order chi connectivity index (χ1) is 35.8. The molecule has 0 saturated carbocycles. The standard InChI is InChI=1S/C55H71N5O13S/c1-8-36-23-41-29-57-45-27-49(47(65-5)25-43(45)53(63)59(41)31-36)72-33-38-20-39(34-73-50-28-46-44(26-48(50)66-6)54(64)60-32-37(9-2)24-42(60)30-58-46)22-40(21-38)55(3,4)74-35-51(61)56-11-13-69-15-17-71-19-18-70-16-14-68-12-10-52(62)67-7/h8-9,20-22,25-29,41-42,58H,10-19,23-24,30-35H2,1-7H3,(H,56,61)/b36-8+,37-9+/t41-,42?/m0/s1. The maximum atomic E-state index is 13.8. The first-order valence-corrected chi connectivity index (χ1v) is 26.1. The summed E-state index contributed by atoms with van der Waals surface area (Å²) in [6, 6.07) is 13.2.